The summed E-state index contributed by atoms with van der Waals surface area (Å²) in [5.74, 6) is 0. The third-order valence-corrected chi connectivity index (χ3v) is 5.83. The molecule has 0 atom stereocenters. The van der Waals surface area contributed by atoms with Gasteiger partial charge in [0, 0.05) is 4.90 Å². The summed E-state index contributed by atoms with van der Waals surface area (Å²) >= 11 is 1.74. The van der Waals surface area contributed by atoms with Crippen LogP contribution in [0.2, 0.25) is 0 Å². The van der Waals surface area contributed by atoms with Gasteiger partial charge in [-0.2, -0.15) is 0 Å². The number of aliphatic hydroxyl groups excluding tert-OH is 1. The number of thioether (sulfide) groups is 1. The number of hydrogen-bond donors (Lipinski definition) is 1. The van der Waals surface area contributed by atoms with Crippen LogP contribution >= 0.6 is 11.8 Å². The fourth-order valence-corrected chi connectivity index (χ4v) is 4.25. The van der Waals surface area contributed by atoms with Crippen molar-refractivity contribution in [1.82, 2.24) is 0 Å². The molecule has 0 amide bonds. The van der Waals surface area contributed by atoms with Crippen molar-refractivity contribution in [3.63, 3.8) is 0 Å². The number of hydrogen-bond acceptors (Lipinski definition) is 2. The molecule has 0 aromatic heterocycles. The zero-order valence-electron chi connectivity index (χ0n) is 13.6. The molecule has 0 heterocycles. The van der Waals surface area contributed by atoms with Gasteiger partial charge in [-0.25, -0.2) is 0 Å². The van der Waals surface area contributed by atoms with Crippen LogP contribution < -0.4 is 0 Å². The predicted octanol–water partition coefficient (Wildman–Crippen LogP) is 4.90. The van der Waals surface area contributed by atoms with E-state index in [0.29, 0.717) is 0 Å². The first-order chi connectivity index (χ1) is 9.36. The molecule has 2 aromatic carbocycles. The van der Waals surface area contributed by atoms with Gasteiger partial charge in [-0.1, -0.05) is 0 Å². The number of fused-ring (bicyclic) bond motifs is 1. The van der Waals surface area contributed by atoms with E-state index < -0.39 is 0 Å². The van der Waals surface area contributed by atoms with Crippen LogP contribution in [-0.4, -0.2) is 11.4 Å². The molecule has 0 aliphatic rings. The molecule has 2 rings (SSSR count). The zero-order chi connectivity index (χ0) is 15.2. The molecule has 108 valence electrons. The summed E-state index contributed by atoms with van der Waals surface area (Å²) in [6, 6.07) is 0. The van der Waals surface area contributed by atoms with Gasteiger partial charge >= 0.3 is 0 Å². The lowest BCUT2D eigenvalue weighted by molar-refractivity contribution is 0.278. The maximum atomic E-state index is 9.79. The molecule has 2 heteroatoms. The molecule has 1 N–H and O–H groups in total. The summed E-state index contributed by atoms with van der Waals surface area (Å²) < 4.78 is 0. The Balaban J connectivity index is 3.16. The second-order valence-corrected chi connectivity index (χ2v) is 6.49. The lowest BCUT2D eigenvalue weighted by Gasteiger charge is -2.22. The highest BCUT2D eigenvalue weighted by molar-refractivity contribution is 7.98. The van der Waals surface area contributed by atoms with Gasteiger partial charge in [0.2, 0.25) is 0 Å². The first-order valence-electron chi connectivity index (χ1n) is 7.03. The van der Waals surface area contributed by atoms with Gasteiger partial charge in [-0.3, -0.25) is 0 Å². The topological polar surface area (TPSA) is 20.2 Å². The van der Waals surface area contributed by atoms with Crippen molar-refractivity contribution >= 4 is 22.5 Å². The van der Waals surface area contributed by atoms with E-state index in [1.807, 2.05) is 0 Å². The SMILES string of the molecule is CSc1c(CO)c(C)c2c(C)c(C)c(C)c(C)c2c1C. The normalized spacial score (nSPS) is 11.4. The lowest BCUT2D eigenvalue weighted by Crippen LogP contribution is -2.03. The largest absolute Gasteiger partial charge is 0.392 e. The van der Waals surface area contributed by atoms with Gasteiger partial charge in [0.1, 0.15) is 0 Å². The summed E-state index contributed by atoms with van der Waals surface area (Å²) in [5.41, 5.74) is 9.13. The lowest BCUT2D eigenvalue weighted by atomic mass is 9.85. The minimum atomic E-state index is 0.115. The number of rotatable bonds is 2. The second kappa shape index (κ2) is 5.42. The minimum absolute atomic E-state index is 0.115. The minimum Gasteiger partial charge on any atom is -0.392 e. The van der Waals surface area contributed by atoms with Crippen molar-refractivity contribution in [2.24, 2.45) is 0 Å². The Kier molecular flexibility index (Phi) is 4.17. The fraction of sp³-hybridized carbons (Fsp3) is 0.444. The molecule has 0 aliphatic heterocycles. The Morgan fingerprint density at radius 2 is 1.15 bits per heavy atom. The summed E-state index contributed by atoms with van der Waals surface area (Å²) in [5, 5.41) is 12.5. The van der Waals surface area contributed by atoms with Crippen LogP contribution in [0.15, 0.2) is 4.90 Å². The predicted molar refractivity (Wildman–Crippen MR) is 90.1 cm³/mol. The molecule has 20 heavy (non-hydrogen) atoms. The summed E-state index contributed by atoms with van der Waals surface area (Å²) in [4.78, 5) is 1.24. The quantitative estimate of drug-likeness (QED) is 0.793. The van der Waals surface area contributed by atoms with E-state index in [9.17, 15) is 5.11 Å². The summed E-state index contributed by atoms with van der Waals surface area (Å²) in [6.07, 6.45) is 2.09. The van der Waals surface area contributed by atoms with E-state index >= 15 is 0 Å². The molecule has 0 bridgehead atoms. The van der Waals surface area contributed by atoms with E-state index in [1.54, 1.807) is 11.8 Å². The van der Waals surface area contributed by atoms with Crippen LogP contribution in [0.25, 0.3) is 10.8 Å². The van der Waals surface area contributed by atoms with Crippen LogP contribution in [0.1, 0.15) is 38.9 Å². The van der Waals surface area contributed by atoms with E-state index in [1.165, 1.54) is 49.0 Å². The molecule has 0 radical (unpaired) electrons. The van der Waals surface area contributed by atoms with Crippen molar-refractivity contribution in [2.45, 2.75) is 53.0 Å². The van der Waals surface area contributed by atoms with Gasteiger partial charge in [0.05, 0.1) is 6.61 Å². The molecule has 2 aromatic rings. The van der Waals surface area contributed by atoms with Gasteiger partial charge in [-0.05, 0) is 97.5 Å². The summed E-state index contributed by atoms with van der Waals surface area (Å²) in [7, 11) is 0. The highest BCUT2D eigenvalue weighted by atomic mass is 32.2. The number of aryl methyl sites for hydroxylation is 4. The third kappa shape index (κ3) is 1.97. The van der Waals surface area contributed by atoms with Crippen LogP contribution in [0, 0.1) is 41.5 Å². The van der Waals surface area contributed by atoms with Crippen LogP contribution in [0.4, 0.5) is 0 Å². The first-order valence-corrected chi connectivity index (χ1v) is 8.26. The monoisotopic (exact) mass is 288 g/mol. The van der Waals surface area contributed by atoms with E-state index in [-0.39, 0.29) is 6.61 Å². The van der Waals surface area contributed by atoms with Gasteiger partial charge in [0.25, 0.3) is 0 Å². The molecule has 0 fully saturated rings. The molecule has 0 spiro atoms. The van der Waals surface area contributed by atoms with Crippen molar-refractivity contribution in [1.29, 1.82) is 0 Å². The molecule has 0 aliphatic carbocycles. The van der Waals surface area contributed by atoms with Gasteiger partial charge < -0.3 is 5.11 Å². The second-order valence-electron chi connectivity index (χ2n) is 5.67. The molecular weight excluding hydrogens is 264 g/mol. The first kappa shape index (κ1) is 15.4. The Hall–Kier alpha value is -0.990. The third-order valence-electron chi connectivity index (χ3n) is 4.87. The van der Waals surface area contributed by atoms with E-state index in [4.69, 9.17) is 0 Å². The average Bonchev–Trinajstić information content (AvgIpc) is 2.43. The standard InChI is InChI=1S/C18H24OS/c1-9-10(2)12(4)17-14(6)18(20-7)15(8-19)13(5)16(17)11(9)3/h19H,8H2,1-7H3. The smallest absolute Gasteiger partial charge is 0.0695 e. The molecular formula is C18H24OS. The van der Waals surface area contributed by atoms with Gasteiger partial charge in [-0.15, -0.1) is 11.8 Å². The Bertz CT molecular complexity index is 639. The van der Waals surface area contributed by atoms with Gasteiger partial charge in [0.15, 0.2) is 0 Å². The highest BCUT2D eigenvalue weighted by Crippen LogP contribution is 2.40. The van der Waals surface area contributed by atoms with Crippen LogP contribution in [-0.2, 0) is 6.61 Å². The molecule has 0 saturated heterocycles. The molecule has 1 nitrogen and oxygen atoms in total. The zero-order valence-corrected chi connectivity index (χ0v) is 14.4. The molecule has 0 saturated carbocycles. The summed E-state index contributed by atoms with van der Waals surface area (Å²) in [6.45, 7) is 13.3. The highest BCUT2D eigenvalue weighted by Gasteiger charge is 2.19. The average molecular weight is 288 g/mol. The van der Waals surface area contributed by atoms with Crippen molar-refractivity contribution in [3.8, 4) is 0 Å². The maximum Gasteiger partial charge on any atom is 0.0695 e. The number of benzene rings is 2. The van der Waals surface area contributed by atoms with E-state index in [2.05, 4.69) is 47.8 Å². The Morgan fingerprint density at radius 3 is 1.55 bits per heavy atom. The number of aliphatic hydroxyl groups is 1. The molecule has 0 unspecified atom stereocenters. The Labute approximate surface area is 126 Å². The van der Waals surface area contributed by atoms with Crippen LogP contribution in [0.5, 0.6) is 0 Å². The maximum absolute atomic E-state index is 9.79. The van der Waals surface area contributed by atoms with Crippen LogP contribution in [0.3, 0.4) is 0 Å². The fourth-order valence-electron chi connectivity index (χ4n) is 3.38. The van der Waals surface area contributed by atoms with Crippen molar-refractivity contribution in [2.75, 3.05) is 6.26 Å². The van der Waals surface area contributed by atoms with Crippen molar-refractivity contribution < 1.29 is 5.11 Å². The van der Waals surface area contributed by atoms with Crippen molar-refractivity contribution in [3.05, 3.63) is 38.9 Å². The van der Waals surface area contributed by atoms with E-state index in [0.717, 1.165) is 5.56 Å². The Morgan fingerprint density at radius 1 is 0.700 bits per heavy atom.